The summed E-state index contributed by atoms with van der Waals surface area (Å²) in [6, 6.07) is 9.86. The van der Waals surface area contributed by atoms with Gasteiger partial charge in [0.1, 0.15) is 0 Å². The van der Waals surface area contributed by atoms with Gasteiger partial charge in [-0.05, 0) is 61.7 Å². The summed E-state index contributed by atoms with van der Waals surface area (Å²) in [5.41, 5.74) is 3.81. The largest absolute Gasteiger partial charge is 0.396 e. The Kier molecular flexibility index (Phi) is 2.37. The van der Waals surface area contributed by atoms with Crippen molar-refractivity contribution >= 4 is 5.69 Å². The Morgan fingerprint density at radius 3 is 2.88 bits per heavy atom. The fourth-order valence-electron chi connectivity index (χ4n) is 9.07. The zero-order valence-corrected chi connectivity index (χ0v) is 14.8. The van der Waals surface area contributed by atoms with Crippen molar-refractivity contribution in [3.05, 3.63) is 29.8 Å². The lowest BCUT2D eigenvalue weighted by Crippen LogP contribution is -2.65. The van der Waals surface area contributed by atoms with Crippen molar-refractivity contribution in [3.8, 4) is 0 Å². The average molecular weight is 324 g/mol. The summed E-state index contributed by atoms with van der Waals surface area (Å²) in [7, 11) is 2.33. The molecule has 3 spiro atoms. The maximum Gasteiger partial charge on any atom is 0.0593 e. The Morgan fingerprint density at radius 1 is 1.21 bits per heavy atom. The quantitative estimate of drug-likeness (QED) is 0.860. The number of aliphatic hydroxyl groups excluding tert-OH is 1. The number of rotatable bonds is 1. The van der Waals surface area contributed by atoms with E-state index >= 15 is 0 Å². The summed E-state index contributed by atoms with van der Waals surface area (Å²) < 4.78 is 0. The molecule has 0 aromatic heterocycles. The van der Waals surface area contributed by atoms with E-state index in [1.807, 2.05) is 0 Å². The molecule has 1 unspecified atom stereocenters. The van der Waals surface area contributed by atoms with E-state index in [1.165, 1.54) is 44.5 Å². The van der Waals surface area contributed by atoms with Gasteiger partial charge in [-0.1, -0.05) is 25.1 Å². The number of benzene rings is 1. The lowest BCUT2D eigenvalue weighted by atomic mass is 9.56. The Balaban J connectivity index is 1.72. The highest BCUT2D eigenvalue weighted by molar-refractivity contribution is 5.72. The van der Waals surface area contributed by atoms with Gasteiger partial charge < -0.3 is 10.0 Å². The number of hydrogen-bond acceptors (Lipinski definition) is 3. The van der Waals surface area contributed by atoms with Gasteiger partial charge in [0, 0.05) is 36.7 Å². The predicted octanol–water partition coefficient (Wildman–Crippen LogP) is 2.63. The van der Waals surface area contributed by atoms with Crippen molar-refractivity contribution in [1.82, 2.24) is 4.90 Å². The smallest absolute Gasteiger partial charge is 0.0593 e. The zero-order valence-electron chi connectivity index (χ0n) is 14.8. The second kappa shape index (κ2) is 4.02. The molecule has 24 heavy (non-hydrogen) atoms. The van der Waals surface area contributed by atoms with Gasteiger partial charge in [-0.2, -0.15) is 0 Å². The number of fused-ring (bicyclic) bond motifs is 1. The maximum absolute atomic E-state index is 10.4. The minimum Gasteiger partial charge on any atom is -0.396 e. The number of anilines is 1. The molecule has 2 saturated carbocycles. The van der Waals surface area contributed by atoms with E-state index in [0.717, 1.165) is 0 Å². The predicted molar refractivity (Wildman–Crippen MR) is 95.3 cm³/mol. The first-order valence-electron chi connectivity index (χ1n) is 9.83. The third kappa shape index (κ3) is 1.05. The van der Waals surface area contributed by atoms with Crippen molar-refractivity contribution in [3.63, 3.8) is 0 Å². The molecule has 2 saturated heterocycles. The van der Waals surface area contributed by atoms with Crippen LogP contribution in [0.25, 0.3) is 0 Å². The van der Waals surface area contributed by atoms with Crippen LogP contribution < -0.4 is 4.90 Å². The van der Waals surface area contributed by atoms with Crippen LogP contribution in [0.4, 0.5) is 5.69 Å². The molecule has 2 aliphatic carbocycles. The van der Waals surface area contributed by atoms with Gasteiger partial charge in [0.2, 0.25) is 0 Å². The van der Waals surface area contributed by atoms with Crippen LogP contribution in [0.5, 0.6) is 0 Å². The first-order chi connectivity index (χ1) is 11.6. The first-order valence-corrected chi connectivity index (χ1v) is 9.83. The molecule has 128 valence electrons. The topological polar surface area (TPSA) is 26.7 Å². The normalized spacial score (nSPS) is 51.0. The van der Waals surface area contributed by atoms with Gasteiger partial charge in [-0.15, -0.1) is 0 Å². The molecule has 5 aliphatic rings. The molecule has 3 nitrogen and oxygen atoms in total. The zero-order chi connectivity index (χ0) is 16.3. The van der Waals surface area contributed by atoms with Gasteiger partial charge in [0.15, 0.2) is 0 Å². The van der Waals surface area contributed by atoms with E-state index in [4.69, 9.17) is 0 Å². The average Bonchev–Trinajstić information content (AvgIpc) is 3.25. The van der Waals surface area contributed by atoms with Gasteiger partial charge in [0.05, 0.1) is 5.54 Å². The molecule has 0 radical (unpaired) electrons. The first kappa shape index (κ1) is 14.1. The number of likely N-dealkylation sites (N-methyl/N-ethyl adjacent to an activating group) is 1. The second-order valence-corrected chi connectivity index (χ2v) is 9.20. The van der Waals surface area contributed by atoms with Gasteiger partial charge in [-0.25, -0.2) is 0 Å². The molecular weight excluding hydrogens is 296 g/mol. The highest BCUT2D eigenvalue weighted by Crippen LogP contribution is 2.80. The summed E-state index contributed by atoms with van der Waals surface area (Å²) in [4.78, 5) is 5.47. The number of nitrogens with zero attached hydrogens (tertiary/aromatic N) is 2. The van der Waals surface area contributed by atoms with Crippen LogP contribution in [-0.4, -0.2) is 48.3 Å². The Morgan fingerprint density at radius 2 is 2.04 bits per heavy atom. The Labute approximate surface area is 144 Å². The Hall–Kier alpha value is -1.06. The Bertz CT molecular complexity index is 734. The van der Waals surface area contributed by atoms with Crippen molar-refractivity contribution in [2.75, 3.05) is 31.6 Å². The molecule has 0 amide bonds. The van der Waals surface area contributed by atoms with E-state index in [2.05, 4.69) is 48.0 Å². The molecule has 1 aromatic carbocycles. The standard InChI is InChI=1S/C21H28N2O/c1-14-19-8-5-10-23-11-9-20(18(19)23)16-6-3-4-7-17(16)22(2)21(14,20)15(12-19)13-24/h3-4,6-7,14-15,18,24H,5,8-13H2,1-2H3/t14?,15-,18+,19-,20+,21-/m1/s1. The minimum absolute atomic E-state index is 0.120. The van der Waals surface area contributed by atoms with E-state index in [-0.39, 0.29) is 11.0 Å². The summed E-state index contributed by atoms with van der Waals surface area (Å²) in [6.45, 7) is 5.41. The van der Waals surface area contributed by atoms with Crippen LogP contribution in [0.1, 0.15) is 38.2 Å². The molecule has 1 N–H and O–H groups in total. The van der Waals surface area contributed by atoms with Crippen molar-refractivity contribution in [2.45, 2.75) is 49.6 Å². The number of aliphatic hydroxyl groups is 1. The highest BCUT2D eigenvalue weighted by atomic mass is 16.3. The fraction of sp³-hybridized carbons (Fsp3) is 0.714. The van der Waals surface area contributed by atoms with Crippen LogP contribution in [0.15, 0.2) is 24.3 Å². The van der Waals surface area contributed by atoms with Crippen LogP contribution in [0, 0.1) is 17.3 Å². The molecule has 6 rings (SSSR count). The lowest BCUT2D eigenvalue weighted by Gasteiger charge is -2.54. The molecule has 4 fully saturated rings. The van der Waals surface area contributed by atoms with Gasteiger partial charge in [0.25, 0.3) is 0 Å². The van der Waals surface area contributed by atoms with E-state index in [1.54, 1.807) is 5.56 Å². The van der Waals surface area contributed by atoms with Crippen LogP contribution >= 0.6 is 0 Å². The van der Waals surface area contributed by atoms with E-state index in [0.29, 0.717) is 29.9 Å². The van der Waals surface area contributed by atoms with Crippen LogP contribution in [0.2, 0.25) is 0 Å². The molecule has 3 heterocycles. The third-order valence-electron chi connectivity index (χ3n) is 9.26. The highest BCUT2D eigenvalue weighted by Gasteiger charge is 2.85. The summed E-state index contributed by atoms with van der Waals surface area (Å²) >= 11 is 0. The second-order valence-electron chi connectivity index (χ2n) is 9.20. The molecule has 3 aliphatic heterocycles. The summed E-state index contributed by atoms with van der Waals surface area (Å²) in [6.07, 6.45) is 5.22. The van der Waals surface area contributed by atoms with Crippen LogP contribution in [-0.2, 0) is 5.41 Å². The van der Waals surface area contributed by atoms with E-state index in [9.17, 15) is 5.11 Å². The molecule has 1 aromatic rings. The molecular formula is C21H28N2O. The van der Waals surface area contributed by atoms with Gasteiger partial charge in [-0.3, -0.25) is 4.90 Å². The number of piperidine rings is 1. The monoisotopic (exact) mass is 324 g/mol. The molecule has 2 bridgehead atoms. The fourth-order valence-corrected chi connectivity index (χ4v) is 9.07. The van der Waals surface area contributed by atoms with E-state index < -0.39 is 0 Å². The lowest BCUT2D eigenvalue weighted by molar-refractivity contribution is -0.00343. The minimum atomic E-state index is 0.120. The summed E-state index contributed by atoms with van der Waals surface area (Å²) in [5, 5.41) is 10.4. The summed E-state index contributed by atoms with van der Waals surface area (Å²) in [5.74, 6) is 1.08. The SMILES string of the molecule is CC1[C@@]23CCCN4CC[C@]5(c6ccccc6N(C)[C@@]15[C@@H](CO)C2)[C@@H]43. The van der Waals surface area contributed by atoms with Gasteiger partial charge >= 0.3 is 0 Å². The van der Waals surface area contributed by atoms with Crippen molar-refractivity contribution in [1.29, 1.82) is 0 Å². The maximum atomic E-state index is 10.4. The van der Waals surface area contributed by atoms with Crippen molar-refractivity contribution in [2.24, 2.45) is 17.3 Å². The van der Waals surface area contributed by atoms with Crippen LogP contribution in [0.3, 0.4) is 0 Å². The van der Waals surface area contributed by atoms with Crippen molar-refractivity contribution < 1.29 is 5.11 Å². The molecule has 6 atom stereocenters. The third-order valence-corrected chi connectivity index (χ3v) is 9.26. The number of hydrogen-bond donors (Lipinski definition) is 1. The molecule has 3 heteroatoms. The number of para-hydroxylation sites is 1.